The van der Waals surface area contributed by atoms with Gasteiger partial charge in [0.15, 0.2) is 5.75 Å². The van der Waals surface area contributed by atoms with Crippen LogP contribution in [0.15, 0.2) is 42.5 Å². The highest BCUT2D eigenvalue weighted by Gasteiger charge is 2.20. The Morgan fingerprint density at radius 2 is 1.95 bits per heavy atom. The molecule has 0 aliphatic carbocycles. The Morgan fingerprint density at radius 1 is 1.25 bits per heavy atom. The number of phenolic OH excluding ortho intramolecular Hbond substituents is 1. The van der Waals surface area contributed by atoms with Crippen molar-refractivity contribution >= 4 is 17.3 Å². The van der Waals surface area contributed by atoms with Gasteiger partial charge in [0, 0.05) is 7.05 Å². The van der Waals surface area contributed by atoms with E-state index in [2.05, 4.69) is 0 Å². The van der Waals surface area contributed by atoms with Gasteiger partial charge in [0.2, 0.25) is 0 Å². The van der Waals surface area contributed by atoms with E-state index in [1.165, 1.54) is 17.0 Å². The first-order valence-corrected chi connectivity index (χ1v) is 5.91. The number of benzene rings is 2. The third-order valence-corrected chi connectivity index (χ3v) is 2.99. The van der Waals surface area contributed by atoms with Crippen LogP contribution < -0.4 is 10.6 Å². The quantitative estimate of drug-likeness (QED) is 0.644. The Kier molecular flexibility index (Phi) is 3.58. The van der Waals surface area contributed by atoms with E-state index in [-0.39, 0.29) is 17.0 Å². The Labute approximate surface area is 116 Å². The first kappa shape index (κ1) is 13.4. The second-order valence-corrected chi connectivity index (χ2v) is 4.24. The zero-order valence-electron chi connectivity index (χ0n) is 10.9. The van der Waals surface area contributed by atoms with Crippen molar-refractivity contribution in [2.45, 2.75) is 0 Å². The summed E-state index contributed by atoms with van der Waals surface area (Å²) in [6.45, 7) is 0. The van der Waals surface area contributed by atoms with Crippen molar-refractivity contribution in [1.82, 2.24) is 0 Å². The van der Waals surface area contributed by atoms with Gasteiger partial charge in [-0.3, -0.25) is 4.79 Å². The summed E-state index contributed by atoms with van der Waals surface area (Å²) in [6.07, 6.45) is 0. The van der Waals surface area contributed by atoms with Crippen LogP contribution in [0, 0.1) is 11.3 Å². The smallest absolute Gasteiger partial charge is 0.261 e. The van der Waals surface area contributed by atoms with E-state index in [4.69, 9.17) is 11.0 Å². The molecule has 1 amide bonds. The van der Waals surface area contributed by atoms with Crippen LogP contribution in [0.5, 0.6) is 5.75 Å². The zero-order chi connectivity index (χ0) is 14.7. The topological polar surface area (TPSA) is 90.3 Å². The van der Waals surface area contributed by atoms with Crippen LogP contribution in [0.1, 0.15) is 15.9 Å². The molecule has 0 aromatic heterocycles. The molecule has 0 bridgehead atoms. The summed E-state index contributed by atoms with van der Waals surface area (Å²) in [5.41, 5.74) is 6.67. The molecule has 0 saturated carbocycles. The number of rotatable bonds is 2. The molecule has 5 nitrogen and oxygen atoms in total. The maximum absolute atomic E-state index is 12.4. The molecule has 3 N–H and O–H groups in total. The zero-order valence-corrected chi connectivity index (χ0v) is 10.9. The number of para-hydroxylation sites is 2. The van der Waals surface area contributed by atoms with Crippen LogP contribution in [-0.2, 0) is 0 Å². The van der Waals surface area contributed by atoms with Gasteiger partial charge in [0.25, 0.3) is 5.91 Å². The van der Waals surface area contributed by atoms with Crippen molar-refractivity contribution < 1.29 is 9.90 Å². The van der Waals surface area contributed by atoms with Crippen molar-refractivity contribution in [3.63, 3.8) is 0 Å². The summed E-state index contributed by atoms with van der Waals surface area (Å²) in [5, 5.41) is 18.9. The third kappa shape index (κ3) is 2.27. The van der Waals surface area contributed by atoms with E-state index in [0.29, 0.717) is 11.3 Å². The Bertz CT molecular complexity index is 705. The number of phenols is 1. The maximum atomic E-state index is 12.4. The number of carbonyl (C=O) groups is 1. The van der Waals surface area contributed by atoms with E-state index in [0.717, 1.165) is 0 Å². The monoisotopic (exact) mass is 267 g/mol. The lowest BCUT2D eigenvalue weighted by Crippen LogP contribution is -2.27. The summed E-state index contributed by atoms with van der Waals surface area (Å²) in [5.74, 6) is -0.684. The van der Waals surface area contributed by atoms with Crippen molar-refractivity contribution in [2.75, 3.05) is 17.7 Å². The fourth-order valence-corrected chi connectivity index (χ4v) is 1.88. The lowest BCUT2D eigenvalue weighted by molar-refractivity contribution is 0.0990. The molecule has 20 heavy (non-hydrogen) atoms. The van der Waals surface area contributed by atoms with Gasteiger partial charge < -0.3 is 15.7 Å². The Balaban J connectivity index is 2.44. The van der Waals surface area contributed by atoms with E-state index in [1.54, 1.807) is 37.4 Å². The molecular formula is C15H13N3O2. The summed E-state index contributed by atoms with van der Waals surface area (Å²) in [4.78, 5) is 13.7. The Hall–Kier alpha value is -3.00. The number of aromatic hydroxyl groups is 1. The number of carbonyl (C=O) groups excluding carboxylic acids is 1. The number of nitrogen functional groups attached to an aromatic ring is 1. The van der Waals surface area contributed by atoms with Crippen LogP contribution in [0.4, 0.5) is 11.4 Å². The van der Waals surface area contributed by atoms with Gasteiger partial charge in [-0.15, -0.1) is 0 Å². The minimum atomic E-state index is -0.433. The van der Waals surface area contributed by atoms with Crippen LogP contribution in [0.25, 0.3) is 0 Å². The number of amides is 1. The Morgan fingerprint density at radius 3 is 2.65 bits per heavy atom. The molecule has 0 atom stereocenters. The molecule has 0 radical (unpaired) electrons. The molecule has 0 aliphatic heterocycles. The number of anilines is 2. The molecule has 0 aliphatic rings. The van der Waals surface area contributed by atoms with Crippen LogP contribution in [0.3, 0.4) is 0 Å². The van der Waals surface area contributed by atoms with Gasteiger partial charge in [-0.1, -0.05) is 18.2 Å². The normalized spacial score (nSPS) is 9.80. The highest BCUT2D eigenvalue weighted by molar-refractivity contribution is 6.08. The average Bonchev–Trinajstić information content (AvgIpc) is 2.48. The fraction of sp³-hybridized carbons (Fsp3) is 0.0667. The first-order chi connectivity index (χ1) is 9.56. The number of nitrogens with two attached hydrogens (primary N) is 1. The summed E-state index contributed by atoms with van der Waals surface area (Å²) in [6, 6.07) is 13.4. The lowest BCUT2D eigenvalue weighted by atomic mass is 10.1. The first-order valence-electron chi connectivity index (χ1n) is 5.91. The molecule has 100 valence electrons. The molecule has 2 aromatic rings. The summed E-state index contributed by atoms with van der Waals surface area (Å²) < 4.78 is 0. The van der Waals surface area contributed by atoms with E-state index >= 15 is 0 Å². The average molecular weight is 267 g/mol. The third-order valence-electron chi connectivity index (χ3n) is 2.99. The van der Waals surface area contributed by atoms with E-state index < -0.39 is 5.91 Å². The van der Waals surface area contributed by atoms with Crippen molar-refractivity contribution in [3.05, 3.63) is 53.6 Å². The van der Waals surface area contributed by atoms with Gasteiger partial charge in [0.1, 0.15) is 6.07 Å². The van der Waals surface area contributed by atoms with Crippen LogP contribution >= 0.6 is 0 Å². The predicted molar refractivity (Wildman–Crippen MR) is 76.4 cm³/mol. The summed E-state index contributed by atoms with van der Waals surface area (Å²) in [7, 11) is 1.54. The SMILES string of the molecule is CN(C(=O)c1cccc(N)c1O)c1ccccc1C#N. The van der Waals surface area contributed by atoms with Crippen molar-refractivity contribution in [1.29, 1.82) is 5.26 Å². The summed E-state index contributed by atoms with van der Waals surface area (Å²) >= 11 is 0. The molecule has 5 heteroatoms. The molecule has 2 aromatic carbocycles. The molecule has 0 heterocycles. The van der Waals surface area contributed by atoms with Crippen molar-refractivity contribution in [2.24, 2.45) is 0 Å². The molecular weight excluding hydrogens is 254 g/mol. The number of hydrogen-bond donors (Lipinski definition) is 2. The highest BCUT2D eigenvalue weighted by Crippen LogP contribution is 2.27. The molecule has 0 spiro atoms. The minimum absolute atomic E-state index is 0.0974. The second kappa shape index (κ2) is 5.33. The fourth-order valence-electron chi connectivity index (χ4n) is 1.88. The molecule has 0 unspecified atom stereocenters. The maximum Gasteiger partial charge on any atom is 0.261 e. The van der Waals surface area contributed by atoms with Gasteiger partial charge in [-0.2, -0.15) is 5.26 Å². The predicted octanol–water partition coefficient (Wildman–Crippen LogP) is 2.12. The molecule has 2 rings (SSSR count). The number of hydrogen-bond acceptors (Lipinski definition) is 4. The number of nitriles is 1. The van der Waals surface area contributed by atoms with Crippen LogP contribution in [-0.4, -0.2) is 18.1 Å². The van der Waals surface area contributed by atoms with Gasteiger partial charge in [-0.25, -0.2) is 0 Å². The van der Waals surface area contributed by atoms with Gasteiger partial charge in [-0.05, 0) is 24.3 Å². The number of nitrogens with zero attached hydrogens (tertiary/aromatic N) is 2. The molecule has 0 fully saturated rings. The lowest BCUT2D eigenvalue weighted by Gasteiger charge is -2.19. The standard InChI is InChI=1S/C15H13N3O2/c1-18(13-8-3-2-5-10(13)9-16)15(20)11-6-4-7-12(17)14(11)19/h2-8,19H,17H2,1H3. The van der Waals surface area contributed by atoms with Crippen molar-refractivity contribution in [3.8, 4) is 11.8 Å². The minimum Gasteiger partial charge on any atom is -0.505 e. The highest BCUT2D eigenvalue weighted by atomic mass is 16.3. The van der Waals surface area contributed by atoms with Gasteiger partial charge >= 0.3 is 0 Å². The van der Waals surface area contributed by atoms with Crippen LogP contribution in [0.2, 0.25) is 0 Å². The van der Waals surface area contributed by atoms with Gasteiger partial charge in [0.05, 0.1) is 22.5 Å². The molecule has 0 saturated heterocycles. The van der Waals surface area contributed by atoms with E-state index in [9.17, 15) is 9.90 Å². The second-order valence-electron chi connectivity index (χ2n) is 4.24. The van der Waals surface area contributed by atoms with E-state index in [1.807, 2.05) is 6.07 Å². The largest absolute Gasteiger partial charge is 0.505 e.